The zero-order valence-corrected chi connectivity index (χ0v) is 10.5. The van der Waals surface area contributed by atoms with Crippen molar-refractivity contribution in [1.29, 1.82) is 0 Å². The molecular formula is C7H5BF5K. The molecule has 0 spiro atoms. The molecule has 0 saturated carbocycles. The molecule has 0 radical (unpaired) electrons. The van der Waals surface area contributed by atoms with Gasteiger partial charge in [-0.3, -0.25) is 0 Å². The Morgan fingerprint density at radius 3 is 2.14 bits per heavy atom. The van der Waals surface area contributed by atoms with E-state index in [0.717, 1.165) is 18.2 Å². The van der Waals surface area contributed by atoms with Crippen LogP contribution >= 0.6 is 0 Å². The minimum absolute atomic E-state index is 0. The van der Waals surface area contributed by atoms with Gasteiger partial charge < -0.3 is 12.9 Å². The average Bonchev–Trinajstić information content (AvgIpc) is 1.96. The van der Waals surface area contributed by atoms with Crippen molar-refractivity contribution in [3.63, 3.8) is 0 Å². The number of hydrogen-bond acceptors (Lipinski definition) is 0. The fourth-order valence-corrected chi connectivity index (χ4v) is 0.955. The van der Waals surface area contributed by atoms with Gasteiger partial charge in [0.25, 0.3) is 0 Å². The summed E-state index contributed by atoms with van der Waals surface area (Å²) >= 11 is 0. The Morgan fingerprint density at radius 1 is 1.07 bits per heavy atom. The van der Waals surface area contributed by atoms with Crippen LogP contribution < -0.4 is 51.4 Å². The van der Waals surface area contributed by atoms with Crippen LogP contribution in [0.3, 0.4) is 0 Å². The first-order valence-electron chi connectivity index (χ1n) is 3.54. The average molecular weight is 234 g/mol. The second-order valence-electron chi connectivity index (χ2n) is 2.63. The molecule has 1 aromatic rings. The minimum Gasteiger partial charge on any atom is -0.449 e. The van der Waals surface area contributed by atoms with Crippen molar-refractivity contribution in [3.8, 4) is 0 Å². The van der Waals surface area contributed by atoms with E-state index in [1.807, 2.05) is 0 Å². The molecule has 14 heavy (non-hydrogen) atoms. The molecule has 1 rings (SSSR count). The summed E-state index contributed by atoms with van der Waals surface area (Å²) in [7, 11) is 0. The maximum absolute atomic E-state index is 12.7. The number of benzene rings is 1. The molecule has 0 bridgehead atoms. The van der Waals surface area contributed by atoms with Crippen molar-refractivity contribution in [2.24, 2.45) is 0 Å². The summed E-state index contributed by atoms with van der Waals surface area (Å²) in [6, 6.07) is 2.76. The zero-order valence-electron chi connectivity index (χ0n) is 7.41. The standard InChI is InChI=1S/C7H5BF5.K/c9-6-3-1-2-5(7(6)10)4-8(11,12)13;/h1-3H,4H2;/q-1;+1. The molecule has 0 unspecified atom stereocenters. The van der Waals surface area contributed by atoms with E-state index in [1.54, 1.807) is 0 Å². The molecule has 0 heterocycles. The van der Waals surface area contributed by atoms with Crippen LogP contribution in [0.15, 0.2) is 18.2 Å². The van der Waals surface area contributed by atoms with Crippen molar-refractivity contribution in [3.05, 3.63) is 35.4 Å². The van der Waals surface area contributed by atoms with Gasteiger partial charge in [0.05, 0.1) is 0 Å². The van der Waals surface area contributed by atoms with Gasteiger partial charge in [0, 0.05) is 0 Å². The maximum atomic E-state index is 12.7. The van der Waals surface area contributed by atoms with E-state index in [0.29, 0.717) is 0 Å². The Bertz CT molecular complexity index is 311. The Labute approximate surface area is 120 Å². The fraction of sp³-hybridized carbons (Fsp3) is 0.143. The molecule has 0 aliphatic carbocycles. The predicted octanol–water partition coefficient (Wildman–Crippen LogP) is -0.102. The van der Waals surface area contributed by atoms with Gasteiger partial charge in [-0.25, -0.2) is 8.78 Å². The molecule has 0 saturated heterocycles. The molecule has 0 amide bonds. The summed E-state index contributed by atoms with van der Waals surface area (Å²) in [6.45, 7) is -5.12. The third-order valence-corrected chi connectivity index (χ3v) is 1.48. The summed E-state index contributed by atoms with van der Waals surface area (Å²) in [5.74, 6) is -2.67. The van der Waals surface area contributed by atoms with E-state index in [-0.39, 0.29) is 51.4 Å². The molecule has 0 N–H and O–H groups in total. The Morgan fingerprint density at radius 2 is 1.64 bits per heavy atom. The first-order valence-corrected chi connectivity index (χ1v) is 3.54. The predicted molar refractivity (Wildman–Crippen MR) is 39.1 cm³/mol. The summed E-state index contributed by atoms with van der Waals surface area (Å²) in [5, 5.41) is 0. The second-order valence-corrected chi connectivity index (χ2v) is 2.63. The van der Waals surface area contributed by atoms with E-state index in [4.69, 9.17) is 0 Å². The van der Waals surface area contributed by atoms with Crippen LogP contribution in [0, 0.1) is 11.6 Å². The second kappa shape index (κ2) is 5.60. The molecule has 0 aromatic heterocycles. The third kappa shape index (κ3) is 4.39. The van der Waals surface area contributed by atoms with Gasteiger partial charge in [-0.05, 0) is 11.6 Å². The van der Waals surface area contributed by atoms with E-state index < -0.39 is 30.5 Å². The van der Waals surface area contributed by atoms with Crippen LogP contribution in [-0.4, -0.2) is 6.98 Å². The summed E-state index contributed by atoms with van der Waals surface area (Å²) in [4.78, 5) is 0. The van der Waals surface area contributed by atoms with Crippen molar-refractivity contribution in [1.82, 2.24) is 0 Å². The fourth-order valence-electron chi connectivity index (χ4n) is 0.955. The van der Waals surface area contributed by atoms with Crippen LogP contribution in [0.4, 0.5) is 21.7 Å². The number of hydrogen-bond donors (Lipinski definition) is 0. The van der Waals surface area contributed by atoms with E-state index in [9.17, 15) is 21.7 Å². The molecule has 0 nitrogen and oxygen atoms in total. The first kappa shape index (κ1) is 14.6. The van der Waals surface area contributed by atoms with Gasteiger partial charge >= 0.3 is 58.4 Å². The normalized spacial score (nSPS) is 10.9. The van der Waals surface area contributed by atoms with Crippen LogP contribution in [-0.2, 0) is 6.32 Å². The Hall–Kier alpha value is 0.571. The number of rotatable bonds is 2. The zero-order chi connectivity index (χ0) is 10.1. The molecule has 0 aliphatic heterocycles. The van der Waals surface area contributed by atoms with Crippen LogP contribution in [0.2, 0.25) is 0 Å². The van der Waals surface area contributed by atoms with Gasteiger partial charge in [-0.2, -0.15) is 0 Å². The van der Waals surface area contributed by atoms with Gasteiger partial charge in [0.2, 0.25) is 0 Å². The van der Waals surface area contributed by atoms with Crippen molar-refractivity contribution in [2.45, 2.75) is 6.32 Å². The molecule has 72 valence electrons. The molecule has 0 fully saturated rings. The van der Waals surface area contributed by atoms with Crippen molar-refractivity contribution in [2.75, 3.05) is 0 Å². The van der Waals surface area contributed by atoms with Crippen LogP contribution in [0.25, 0.3) is 0 Å². The van der Waals surface area contributed by atoms with E-state index in [1.165, 1.54) is 0 Å². The Kier molecular flexibility index (Phi) is 5.83. The topological polar surface area (TPSA) is 0 Å². The maximum Gasteiger partial charge on any atom is 1.00 e. The monoisotopic (exact) mass is 234 g/mol. The van der Waals surface area contributed by atoms with Crippen LogP contribution in [0.1, 0.15) is 5.56 Å². The third-order valence-electron chi connectivity index (χ3n) is 1.48. The SMILES string of the molecule is Fc1cccc(C[B-](F)(F)F)c1F.[K+]. The molecule has 1 aromatic carbocycles. The Balaban J connectivity index is 0.00000169. The van der Waals surface area contributed by atoms with Crippen molar-refractivity contribution < 1.29 is 73.1 Å². The number of halogens is 5. The van der Waals surface area contributed by atoms with Gasteiger partial charge in [0.15, 0.2) is 11.6 Å². The van der Waals surface area contributed by atoms with Gasteiger partial charge in [0.1, 0.15) is 0 Å². The molecule has 0 atom stereocenters. The smallest absolute Gasteiger partial charge is 0.449 e. The van der Waals surface area contributed by atoms with Gasteiger partial charge in [-0.15, -0.1) is 0 Å². The largest absolute Gasteiger partial charge is 1.00 e. The first-order chi connectivity index (χ1) is 5.90. The minimum atomic E-state index is -5.12. The van der Waals surface area contributed by atoms with Gasteiger partial charge in [-0.1, -0.05) is 18.5 Å². The molecule has 0 aliphatic rings. The van der Waals surface area contributed by atoms with Crippen molar-refractivity contribution >= 4 is 6.98 Å². The summed E-state index contributed by atoms with van der Waals surface area (Å²) < 4.78 is 60.6. The van der Waals surface area contributed by atoms with Crippen LogP contribution in [0.5, 0.6) is 0 Å². The summed E-state index contributed by atoms with van der Waals surface area (Å²) in [5.41, 5.74) is -0.646. The molecular weight excluding hydrogens is 229 g/mol. The van der Waals surface area contributed by atoms with E-state index >= 15 is 0 Å². The quantitative estimate of drug-likeness (QED) is 0.495. The molecule has 7 heteroatoms. The summed E-state index contributed by atoms with van der Waals surface area (Å²) in [6.07, 6.45) is -1.39. The van der Waals surface area contributed by atoms with E-state index in [2.05, 4.69) is 0 Å².